The highest BCUT2D eigenvalue weighted by Crippen LogP contribution is 2.25. The van der Waals surface area contributed by atoms with Crippen LogP contribution in [0.15, 0.2) is 36.1 Å². The Bertz CT molecular complexity index is 293. The van der Waals surface area contributed by atoms with Gasteiger partial charge in [-0.3, -0.25) is 0 Å². The molecule has 0 atom stereocenters. The molecule has 0 spiro atoms. The van der Waals surface area contributed by atoms with E-state index < -0.39 is 23.6 Å². The molecule has 0 aliphatic carbocycles. The molecular weight excluding hydrogens is 224 g/mol. The van der Waals surface area contributed by atoms with Gasteiger partial charge in [-0.05, 0) is 6.08 Å². The van der Waals surface area contributed by atoms with Gasteiger partial charge in [-0.2, -0.15) is 26.3 Å². The largest absolute Gasteiger partial charge is 0.430 e. The summed E-state index contributed by atoms with van der Waals surface area (Å²) in [5.74, 6) is 0. The smallest absolute Gasteiger partial charge is 0.395 e. The third-order valence-corrected chi connectivity index (χ3v) is 1.26. The zero-order valence-electron chi connectivity index (χ0n) is 7.28. The molecule has 86 valence electrons. The highest BCUT2D eigenvalue weighted by Gasteiger charge is 2.31. The van der Waals surface area contributed by atoms with Crippen LogP contribution in [0.2, 0.25) is 0 Å². The molecule has 0 aromatic carbocycles. The van der Waals surface area contributed by atoms with Crippen LogP contribution >= 0.6 is 0 Å². The number of alkyl halides is 6. The zero-order chi connectivity index (χ0) is 12.3. The number of rotatable bonds is 2. The average molecular weight is 231 g/mol. The van der Waals surface area contributed by atoms with E-state index in [4.69, 9.17) is 0 Å². The first-order valence-corrected chi connectivity index (χ1v) is 3.52. The molecule has 2 N–H and O–H groups in total. The van der Waals surface area contributed by atoms with E-state index in [0.29, 0.717) is 18.2 Å². The molecule has 0 radical (unpaired) electrons. The van der Waals surface area contributed by atoms with E-state index in [-0.39, 0.29) is 0 Å². The molecule has 0 unspecified atom stereocenters. The summed E-state index contributed by atoms with van der Waals surface area (Å²) in [7, 11) is 0. The second-order valence-corrected chi connectivity index (χ2v) is 2.50. The first-order valence-electron chi connectivity index (χ1n) is 3.52. The Morgan fingerprint density at radius 2 is 1.47 bits per heavy atom. The van der Waals surface area contributed by atoms with Gasteiger partial charge in [0, 0.05) is 5.57 Å². The fourth-order valence-corrected chi connectivity index (χ4v) is 0.457. The molecule has 0 aromatic heterocycles. The molecule has 0 fully saturated rings. The Morgan fingerprint density at radius 1 is 1.00 bits per heavy atom. The van der Waals surface area contributed by atoms with Crippen LogP contribution in [0.1, 0.15) is 0 Å². The van der Waals surface area contributed by atoms with Crippen molar-refractivity contribution >= 4 is 0 Å². The average Bonchev–Trinajstić information content (AvgIpc) is 2.00. The highest BCUT2D eigenvalue weighted by molar-refractivity contribution is 5.25. The number of hydrogen-bond acceptors (Lipinski definition) is 1. The van der Waals surface area contributed by atoms with Crippen LogP contribution in [-0.2, 0) is 0 Å². The van der Waals surface area contributed by atoms with E-state index in [1.54, 1.807) is 0 Å². The van der Waals surface area contributed by atoms with E-state index in [2.05, 4.69) is 12.3 Å². The van der Waals surface area contributed by atoms with Crippen LogP contribution in [0.3, 0.4) is 0 Å². The molecule has 0 heterocycles. The van der Waals surface area contributed by atoms with Gasteiger partial charge in [0.1, 0.15) is 5.70 Å². The third kappa shape index (κ3) is 5.14. The van der Waals surface area contributed by atoms with Gasteiger partial charge in [-0.15, -0.1) is 0 Å². The fourth-order valence-electron chi connectivity index (χ4n) is 0.457. The molecule has 0 bridgehead atoms. The topological polar surface area (TPSA) is 26.0 Å². The van der Waals surface area contributed by atoms with Gasteiger partial charge in [-0.25, -0.2) is 0 Å². The van der Waals surface area contributed by atoms with Crippen molar-refractivity contribution in [2.45, 2.75) is 12.4 Å². The van der Waals surface area contributed by atoms with Gasteiger partial charge < -0.3 is 5.73 Å². The molecule has 0 amide bonds. The summed E-state index contributed by atoms with van der Waals surface area (Å²) in [6, 6.07) is 0. The zero-order valence-corrected chi connectivity index (χ0v) is 7.28. The Kier molecular flexibility index (Phi) is 4.00. The monoisotopic (exact) mass is 231 g/mol. The maximum Gasteiger partial charge on any atom is 0.430 e. The maximum absolute atomic E-state index is 11.8. The van der Waals surface area contributed by atoms with Crippen molar-refractivity contribution in [1.29, 1.82) is 0 Å². The van der Waals surface area contributed by atoms with Gasteiger partial charge in [0.25, 0.3) is 0 Å². The van der Waals surface area contributed by atoms with Crippen molar-refractivity contribution in [1.82, 2.24) is 0 Å². The van der Waals surface area contributed by atoms with Crippen molar-refractivity contribution in [3.63, 3.8) is 0 Å². The van der Waals surface area contributed by atoms with E-state index in [1.807, 2.05) is 0 Å². The number of nitrogens with two attached hydrogens (primary N) is 1. The lowest BCUT2D eigenvalue weighted by molar-refractivity contribution is -0.0926. The Labute approximate surface area is 81.6 Å². The molecule has 0 aromatic rings. The number of halogens is 6. The van der Waals surface area contributed by atoms with Crippen LogP contribution < -0.4 is 5.73 Å². The van der Waals surface area contributed by atoms with Crippen molar-refractivity contribution < 1.29 is 26.3 Å². The molecule has 0 saturated heterocycles. The lowest BCUT2D eigenvalue weighted by Gasteiger charge is -2.05. The Hall–Kier alpha value is -1.40. The fraction of sp³-hybridized carbons (Fsp3) is 0.250. The highest BCUT2D eigenvalue weighted by atomic mass is 19.4. The summed E-state index contributed by atoms with van der Waals surface area (Å²) < 4.78 is 70.6. The van der Waals surface area contributed by atoms with Crippen molar-refractivity contribution in [2.75, 3.05) is 0 Å². The van der Waals surface area contributed by atoms with Gasteiger partial charge in [0.2, 0.25) is 0 Å². The minimum atomic E-state index is -4.75. The Balaban J connectivity index is 4.53. The van der Waals surface area contributed by atoms with Gasteiger partial charge in [0.15, 0.2) is 0 Å². The number of allylic oxidation sites excluding steroid dienone is 5. The van der Waals surface area contributed by atoms with Gasteiger partial charge in [0.05, 0.1) is 0 Å². The minimum Gasteiger partial charge on any atom is -0.395 e. The third-order valence-electron chi connectivity index (χ3n) is 1.26. The molecule has 0 aliphatic rings. The summed E-state index contributed by atoms with van der Waals surface area (Å²) in [5.41, 5.74) is 1.79. The van der Waals surface area contributed by atoms with E-state index in [9.17, 15) is 26.3 Å². The normalized spacial score (nSPS) is 14.7. The first-order chi connectivity index (χ1) is 6.55. The predicted molar refractivity (Wildman–Crippen MR) is 42.7 cm³/mol. The van der Waals surface area contributed by atoms with E-state index >= 15 is 0 Å². The quantitative estimate of drug-likeness (QED) is 0.573. The van der Waals surface area contributed by atoms with Crippen molar-refractivity contribution in [3.05, 3.63) is 36.1 Å². The lowest BCUT2D eigenvalue weighted by atomic mass is 10.2. The maximum atomic E-state index is 11.8. The van der Waals surface area contributed by atoms with Crippen molar-refractivity contribution in [2.24, 2.45) is 5.73 Å². The summed E-state index contributed by atoms with van der Waals surface area (Å²) in [5, 5.41) is 0. The van der Waals surface area contributed by atoms with E-state index in [1.165, 1.54) is 0 Å². The molecular formula is C8H7F6N. The summed E-state index contributed by atoms with van der Waals surface area (Å²) in [6.07, 6.45) is -8.13. The van der Waals surface area contributed by atoms with Crippen LogP contribution in [-0.4, -0.2) is 12.4 Å². The van der Waals surface area contributed by atoms with Gasteiger partial charge in [-0.1, -0.05) is 18.7 Å². The minimum absolute atomic E-state index is 0.330. The van der Waals surface area contributed by atoms with Crippen LogP contribution in [0.5, 0.6) is 0 Å². The predicted octanol–water partition coefficient (Wildman–Crippen LogP) is 3.07. The summed E-state index contributed by atoms with van der Waals surface area (Å²) in [4.78, 5) is 0. The molecule has 7 heteroatoms. The molecule has 15 heavy (non-hydrogen) atoms. The molecule has 0 rings (SSSR count). The molecule has 0 aliphatic heterocycles. The SMILES string of the molecule is C=C(/C=C\C=C(/N)C(F)(F)F)C(F)(F)F. The summed E-state index contributed by atoms with van der Waals surface area (Å²) >= 11 is 0. The second-order valence-electron chi connectivity index (χ2n) is 2.50. The van der Waals surface area contributed by atoms with Crippen LogP contribution in [0.4, 0.5) is 26.3 Å². The standard InChI is InChI=1S/C8H7F6N/c1-5(7(9,10)11)3-2-4-6(15)8(12,13)14/h2-4H,1,15H2/b3-2-,6-4-. The first kappa shape index (κ1) is 13.6. The van der Waals surface area contributed by atoms with Gasteiger partial charge >= 0.3 is 12.4 Å². The molecule has 0 saturated carbocycles. The molecule has 1 nitrogen and oxygen atoms in total. The number of hydrogen-bond donors (Lipinski definition) is 1. The van der Waals surface area contributed by atoms with Crippen molar-refractivity contribution in [3.8, 4) is 0 Å². The van der Waals surface area contributed by atoms with Crippen LogP contribution in [0.25, 0.3) is 0 Å². The van der Waals surface area contributed by atoms with Crippen LogP contribution in [0, 0.1) is 0 Å². The second kappa shape index (κ2) is 4.41. The Morgan fingerprint density at radius 3 is 1.80 bits per heavy atom. The summed E-state index contributed by atoms with van der Waals surface area (Å²) in [6.45, 7) is 2.62. The lowest BCUT2D eigenvalue weighted by Crippen LogP contribution is -2.18. The van der Waals surface area contributed by atoms with E-state index in [0.717, 1.165) is 0 Å².